The van der Waals surface area contributed by atoms with Crippen molar-refractivity contribution in [3.05, 3.63) is 35.6 Å². The van der Waals surface area contributed by atoms with Crippen LogP contribution in [0.25, 0.3) is 0 Å². The fourth-order valence-corrected chi connectivity index (χ4v) is 4.66. The quantitative estimate of drug-likeness (QED) is 0.310. The summed E-state index contributed by atoms with van der Waals surface area (Å²) >= 11 is 0. The van der Waals surface area contributed by atoms with Gasteiger partial charge in [0, 0.05) is 45.8 Å². The summed E-state index contributed by atoms with van der Waals surface area (Å²) in [5, 5.41) is 13.7. The molecule has 3 unspecified atom stereocenters. The Balaban J connectivity index is 0.00000385. The van der Waals surface area contributed by atoms with E-state index in [2.05, 4.69) is 34.0 Å². The summed E-state index contributed by atoms with van der Waals surface area (Å²) in [6, 6.07) is 5.86. The molecule has 7 nitrogen and oxygen atoms in total. The number of piperidine rings is 1. The van der Waals surface area contributed by atoms with Crippen LogP contribution in [-0.2, 0) is 4.79 Å². The lowest BCUT2D eigenvalue weighted by atomic mass is 9.92. The molecule has 0 radical (unpaired) electrons. The number of benzene rings is 1. The second-order valence-electron chi connectivity index (χ2n) is 9.27. The van der Waals surface area contributed by atoms with Gasteiger partial charge in [0.15, 0.2) is 5.96 Å². The standard InChI is InChI=1S/C24H38FN5O2.HI/c1-4-26-24(27-14-22(31)20-5-7-21(25)8-6-20)29-11-9-28(10-12-29)17-23(32)30-15-18(2)13-19(3)16-30;/h5-8,18-19,22,31H,4,9-17H2,1-3H3,(H,26,27);1H. The number of aliphatic hydroxyl groups excluding tert-OH is 1. The average molecular weight is 576 g/mol. The van der Waals surface area contributed by atoms with Crippen LogP contribution in [0, 0.1) is 17.7 Å². The Hall–Kier alpha value is -1.46. The summed E-state index contributed by atoms with van der Waals surface area (Å²) < 4.78 is 13.1. The molecule has 2 aliphatic heterocycles. The SMILES string of the molecule is CCNC(=NCC(O)c1ccc(F)cc1)N1CCN(CC(=O)N2CC(C)CC(C)C2)CC1.I. The Kier molecular flexibility index (Phi) is 11.3. The molecule has 1 amide bonds. The zero-order valence-electron chi connectivity index (χ0n) is 20.0. The number of nitrogens with one attached hydrogen (secondary N) is 1. The predicted octanol–water partition coefficient (Wildman–Crippen LogP) is 2.56. The van der Waals surface area contributed by atoms with Crippen LogP contribution in [0.1, 0.15) is 38.9 Å². The zero-order valence-corrected chi connectivity index (χ0v) is 22.4. The molecule has 0 bridgehead atoms. The van der Waals surface area contributed by atoms with Gasteiger partial charge in [-0.05, 0) is 42.9 Å². The number of hydrogen-bond acceptors (Lipinski definition) is 4. The molecule has 2 N–H and O–H groups in total. The molecule has 33 heavy (non-hydrogen) atoms. The summed E-state index contributed by atoms with van der Waals surface area (Å²) in [5.41, 5.74) is 0.649. The molecule has 0 aliphatic carbocycles. The van der Waals surface area contributed by atoms with Gasteiger partial charge in [-0.3, -0.25) is 14.7 Å². The predicted molar refractivity (Wildman–Crippen MR) is 140 cm³/mol. The third kappa shape index (κ3) is 8.36. The van der Waals surface area contributed by atoms with Gasteiger partial charge in [0.25, 0.3) is 0 Å². The molecule has 186 valence electrons. The van der Waals surface area contributed by atoms with Gasteiger partial charge < -0.3 is 20.2 Å². The fourth-order valence-electron chi connectivity index (χ4n) is 4.66. The van der Waals surface area contributed by atoms with Crippen LogP contribution < -0.4 is 5.32 Å². The first-order chi connectivity index (χ1) is 15.4. The number of hydrogen-bond donors (Lipinski definition) is 2. The van der Waals surface area contributed by atoms with E-state index >= 15 is 0 Å². The van der Waals surface area contributed by atoms with Crippen molar-refractivity contribution in [3.8, 4) is 0 Å². The molecule has 2 fully saturated rings. The first-order valence-corrected chi connectivity index (χ1v) is 11.8. The lowest BCUT2D eigenvalue weighted by Crippen LogP contribution is -2.55. The zero-order chi connectivity index (χ0) is 23.1. The Morgan fingerprint density at radius 1 is 1.12 bits per heavy atom. The number of aliphatic imine (C=N–C) groups is 1. The van der Waals surface area contributed by atoms with Crippen LogP contribution in [0.5, 0.6) is 0 Å². The molecule has 9 heteroatoms. The van der Waals surface area contributed by atoms with E-state index in [4.69, 9.17) is 0 Å². The van der Waals surface area contributed by atoms with Gasteiger partial charge >= 0.3 is 0 Å². The van der Waals surface area contributed by atoms with Gasteiger partial charge in [0.2, 0.25) is 5.91 Å². The molecule has 2 heterocycles. The molecular formula is C24H39FIN5O2. The highest BCUT2D eigenvalue weighted by Gasteiger charge is 2.28. The third-order valence-electron chi connectivity index (χ3n) is 6.26. The summed E-state index contributed by atoms with van der Waals surface area (Å²) in [4.78, 5) is 23.8. The topological polar surface area (TPSA) is 71.4 Å². The smallest absolute Gasteiger partial charge is 0.236 e. The monoisotopic (exact) mass is 575 g/mol. The molecule has 3 rings (SSSR count). The molecule has 0 aromatic heterocycles. The van der Waals surface area contributed by atoms with Crippen LogP contribution in [-0.4, -0.2) is 90.6 Å². The second kappa shape index (κ2) is 13.4. The van der Waals surface area contributed by atoms with Crippen LogP contribution in [0.3, 0.4) is 0 Å². The van der Waals surface area contributed by atoms with Gasteiger partial charge in [0.1, 0.15) is 5.82 Å². The summed E-state index contributed by atoms with van der Waals surface area (Å²) in [5.74, 6) is 1.82. The number of nitrogens with zero attached hydrogens (tertiary/aromatic N) is 4. The van der Waals surface area contributed by atoms with Crippen LogP contribution in [0.15, 0.2) is 29.3 Å². The van der Waals surface area contributed by atoms with Crippen molar-refractivity contribution in [1.29, 1.82) is 0 Å². The van der Waals surface area contributed by atoms with E-state index in [1.165, 1.54) is 18.6 Å². The minimum atomic E-state index is -0.780. The highest BCUT2D eigenvalue weighted by molar-refractivity contribution is 14.0. The van der Waals surface area contributed by atoms with Crippen LogP contribution >= 0.6 is 24.0 Å². The van der Waals surface area contributed by atoms with Crippen molar-refractivity contribution < 1.29 is 14.3 Å². The maximum Gasteiger partial charge on any atom is 0.236 e. The molecule has 2 saturated heterocycles. The average Bonchev–Trinajstić information content (AvgIpc) is 2.77. The number of likely N-dealkylation sites (tertiary alicyclic amines) is 1. The molecular weight excluding hydrogens is 536 g/mol. The van der Waals surface area contributed by atoms with Crippen molar-refractivity contribution in [1.82, 2.24) is 20.0 Å². The normalized spacial score (nSPS) is 23.1. The van der Waals surface area contributed by atoms with E-state index < -0.39 is 6.10 Å². The number of rotatable bonds is 6. The molecule has 3 atom stereocenters. The summed E-state index contributed by atoms with van der Waals surface area (Å²) in [6.07, 6.45) is 0.419. The lowest BCUT2D eigenvalue weighted by Gasteiger charge is -2.39. The van der Waals surface area contributed by atoms with E-state index in [0.29, 0.717) is 23.9 Å². The van der Waals surface area contributed by atoms with Crippen molar-refractivity contribution in [3.63, 3.8) is 0 Å². The number of aliphatic hydroxyl groups is 1. The number of carbonyl (C=O) groups is 1. The highest BCUT2D eigenvalue weighted by atomic mass is 127. The largest absolute Gasteiger partial charge is 0.386 e. The molecule has 0 spiro atoms. The number of guanidine groups is 1. The van der Waals surface area contributed by atoms with E-state index in [-0.39, 0.29) is 42.2 Å². The molecule has 1 aromatic carbocycles. The van der Waals surface area contributed by atoms with Gasteiger partial charge in [0.05, 0.1) is 19.2 Å². The second-order valence-corrected chi connectivity index (χ2v) is 9.27. The Morgan fingerprint density at radius 3 is 2.30 bits per heavy atom. The highest BCUT2D eigenvalue weighted by Crippen LogP contribution is 2.21. The molecule has 1 aromatic rings. The van der Waals surface area contributed by atoms with E-state index in [0.717, 1.165) is 51.8 Å². The number of piperazine rings is 1. The Morgan fingerprint density at radius 2 is 1.73 bits per heavy atom. The number of halogens is 2. The van der Waals surface area contributed by atoms with Crippen molar-refractivity contribution in [2.45, 2.75) is 33.3 Å². The van der Waals surface area contributed by atoms with Gasteiger partial charge in [-0.15, -0.1) is 24.0 Å². The van der Waals surface area contributed by atoms with Gasteiger partial charge in [-0.25, -0.2) is 4.39 Å². The third-order valence-corrected chi connectivity index (χ3v) is 6.26. The number of amides is 1. The van der Waals surface area contributed by atoms with E-state index in [1.54, 1.807) is 12.1 Å². The van der Waals surface area contributed by atoms with E-state index in [1.807, 2.05) is 11.8 Å². The minimum Gasteiger partial charge on any atom is -0.386 e. The maximum absolute atomic E-state index is 13.1. The Bertz CT molecular complexity index is 761. The van der Waals surface area contributed by atoms with Crippen molar-refractivity contribution in [2.75, 3.05) is 58.9 Å². The Labute approximate surface area is 214 Å². The van der Waals surface area contributed by atoms with Crippen molar-refractivity contribution >= 4 is 35.8 Å². The van der Waals surface area contributed by atoms with Crippen LogP contribution in [0.2, 0.25) is 0 Å². The first-order valence-electron chi connectivity index (χ1n) is 11.8. The van der Waals surface area contributed by atoms with Crippen molar-refractivity contribution in [2.24, 2.45) is 16.8 Å². The lowest BCUT2D eigenvalue weighted by molar-refractivity contribution is -0.135. The minimum absolute atomic E-state index is 0. The van der Waals surface area contributed by atoms with Gasteiger partial charge in [-0.2, -0.15) is 0 Å². The van der Waals surface area contributed by atoms with E-state index in [9.17, 15) is 14.3 Å². The summed E-state index contributed by atoms with van der Waals surface area (Å²) in [6.45, 7) is 12.8. The first kappa shape index (κ1) is 27.8. The number of carbonyl (C=O) groups excluding carboxylic acids is 1. The molecule has 0 saturated carbocycles. The van der Waals surface area contributed by atoms with Gasteiger partial charge in [-0.1, -0.05) is 26.0 Å². The van der Waals surface area contributed by atoms with Crippen LogP contribution in [0.4, 0.5) is 4.39 Å². The molecule has 2 aliphatic rings. The fraction of sp³-hybridized carbons (Fsp3) is 0.667. The maximum atomic E-state index is 13.1. The summed E-state index contributed by atoms with van der Waals surface area (Å²) in [7, 11) is 0.